The zero-order chi connectivity index (χ0) is 29.5. The van der Waals surface area contributed by atoms with Gasteiger partial charge in [0, 0.05) is 0 Å². The van der Waals surface area contributed by atoms with Gasteiger partial charge in [-0.25, -0.2) is 0 Å². The molecule has 0 radical (unpaired) electrons. The van der Waals surface area contributed by atoms with Gasteiger partial charge in [0.2, 0.25) is 0 Å². The average molecular weight is 555 g/mol. The van der Waals surface area contributed by atoms with Gasteiger partial charge >= 0.3 is 11.9 Å². The second-order valence-electron chi connectivity index (χ2n) is 10.5. The van der Waals surface area contributed by atoms with E-state index in [1.54, 1.807) is 0 Å². The maximum atomic E-state index is 11.8. The molecule has 0 aromatic heterocycles. The number of rotatable bonds is 27. The third-order valence-corrected chi connectivity index (χ3v) is 6.93. The molecule has 2 N–H and O–H groups in total. The Bertz CT molecular complexity index is 719. The van der Waals surface area contributed by atoms with Crippen LogP contribution in [-0.2, 0) is 9.59 Å². The van der Waals surface area contributed by atoms with Crippen molar-refractivity contribution in [3.63, 3.8) is 0 Å². The fourth-order valence-electron chi connectivity index (χ4n) is 4.48. The van der Waals surface area contributed by atoms with E-state index in [1.807, 2.05) is 0 Å². The van der Waals surface area contributed by atoms with Crippen molar-refractivity contribution < 1.29 is 19.8 Å². The predicted octanol–water partition coefficient (Wildman–Crippen LogP) is 10.8. The Labute approximate surface area is 245 Å². The van der Waals surface area contributed by atoms with E-state index in [1.165, 1.54) is 38.5 Å². The van der Waals surface area contributed by atoms with Crippen LogP contribution in [0.3, 0.4) is 0 Å². The molecule has 0 saturated carbocycles. The molecule has 0 bridgehead atoms. The van der Waals surface area contributed by atoms with Crippen molar-refractivity contribution in [3.05, 3.63) is 72.9 Å². The molecule has 0 aliphatic rings. The number of hydrogen-bond acceptors (Lipinski definition) is 2. The highest BCUT2D eigenvalue weighted by Crippen LogP contribution is 2.25. The van der Waals surface area contributed by atoms with E-state index < -0.39 is 23.8 Å². The third kappa shape index (κ3) is 24.4. The molecule has 0 amide bonds. The number of hydrogen-bond donors (Lipinski definition) is 2. The van der Waals surface area contributed by atoms with E-state index in [0.717, 1.165) is 51.4 Å². The summed E-state index contributed by atoms with van der Waals surface area (Å²) in [4.78, 5) is 23.7. The minimum absolute atomic E-state index is 0.392. The van der Waals surface area contributed by atoms with Gasteiger partial charge in [0.25, 0.3) is 0 Å². The molecule has 0 aromatic carbocycles. The Balaban J connectivity index is 4.20. The van der Waals surface area contributed by atoms with Gasteiger partial charge in [-0.3, -0.25) is 9.59 Å². The minimum atomic E-state index is -0.998. The van der Waals surface area contributed by atoms with Gasteiger partial charge in [-0.15, -0.1) is 0 Å². The largest absolute Gasteiger partial charge is 0.481 e. The summed E-state index contributed by atoms with van der Waals surface area (Å²) in [7, 11) is 0. The fraction of sp³-hybridized carbons (Fsp3) is 0.611. The number of unbranched alkanes of at least 4 members (excludes halogenated alkanes) is 8. The van der Waals surface area contributed by atoms with Crippen molar-refractivity contribution >= 4 is 11.9 Å². The van der Waals surface area contributed by atoms with Crippen LogP contribution in [0.2, 0.25) is 0 Å². The molecular weight excluding hydrogens is 496 g/mol. The Morgan fingerprint density at radius 1 is 0.450 bits per heavy atom. The quantitative estimate of drug-likeness (QED) is 0.0782. The summed E-state index contributed by atoms with van der Waals surface area (Å²) in [6.07, 6.45) is 43.2. The van der Waals surface area contributed by atoms with Crippen LogP contribution < -0.4 is 0 Å². The molecular formula is C36H58O4. The molecule has 0 aliphatic carbocycles. The van der Waals surface area contributed by atoms with Crippen LogP contribution in [0.25, 0.3) is 0 Å². The third-order valence-electron chi connectivity index (χ3n) is 6.93. The summed E-state index contributed by atoms with van der Waals surface area (Å²) in [5.41, 5.74) is 0. The molecule has 0 saturated heterocycles. The van der Waals surface area contributed by atoms with Gasteiger partial charge in [0.05, 0.1) is 11.8 Å². The standard InChI is InChI=1S/C36H58O4/c1-3-5-7-9-11-13-15-17-19-21-23-25-27-29-31-33(35(37)38)34(36(39)40)32-30-28-26-24-22-20-18-16-14-12-10-8-6-4-2/h11-14,17-20,23-26,33-34H,3-10,15-16,21-22,27-32H2,1-2H3,(H,37,38)(H,39,40)/b13-11-,14-12-,19-17-,20-18-,25-23-,26-24-. The number of allylic oxidation sites excluding steroid dienone is 12. The zero-order valence-electron chi connectivity index (χ0n) is 25.5. The van der Waals surface area contributed by atoms with E-state index >= 15 is 0 Å². The average Bonchev–Trinajstić information content (AvgIpc) is 2.93. The SMILES string of the molecule is CCCCC/C=C\C/C=C\C/C=C\CCCC(C(=O)O)C(CCC/C=C\C/C=C\C/C=C\CCCCC)C(=O)O. The molecule has 2 unspecified atom stereocenters. The van der Waals surface area contributed by atoms with Gasteiger partial charge in [-0.05, 0) is 89.9 Å². The highest BCUT2D eigenvalue weighted by atomic mass is 16.4. The van der Waals surface area contributed by atoms with E-state index in [4.69, 9.17) is 0 Å². The van der Waals surface area contributed by atoms with Crippen LogP contribution in [0, 0.1) is 11.8 Å². The summed E-state index contributed by atoms with van der Waals surface area (Å²) >= 11 is 0. The molecule has 4 heteroatoms. The van der Waals surface area contributed by atoms with E-state index in [9.17, 15) is 19.8 Å². The second-order valence-corrected chi connectivity index (χ2v) is 10.5. The lowest BCUT2D eigenvalue weighted by molar-refractivity contribution is -0.154. The van der Waals surface area contributed by atoms with Crippen LogP contribution in [-0.4, -0.2) is 22.2 Å². The smallest absolute Gasteiger partial charge is 0.307 e. The van der Waals surface area contributed by atoms with Gasteiger partial charge in [0.1, 0.15) is 0 Å². The first-order chi connectivity index (χ1) is 19.5. The molecule has 226 valence electrons. The first kappa shape index (κ1) is 37.4. The minimum Gasteiger partial charge on any atom is -0.481 e. The van der Waals surface area contributed by atoms with E-state index in [-0.39, 0.29) is 0 Å². The van der Waals surface area contributed by atoms with Crippen molar-refractivity contribution in [2.75, 3.05) is 0 Å². The summed E-state index contributed by atoms with van der Waals surface area (Å²) in [6, 6.07) is 0. The van der Waals surface area contributed by atoms with Crippen LogP contribution in [0.15, 0.2) is 72.9 Å². The molecule has 2 atom stereocenters. The Kier molecular flexibility index (Phi) is 27.4. The maximum absolute atomic E-state index is 11.8. The normalized spacial score (nSPS) is 14.2. The van der Waals surface area contributed by atoms with Gasteiger partial charge in [-0.1, -0.05) is 112 Å². The van der Waals surface area contributed by atoms with E-state index in [2.05, 4.69) is 86.8 Å². The molecule has 0 heterocycles. The lowest BCUT2D eigenvalue weighted by atomic mass is 9.84. The molecule has 40 heavy (non-hydrogen) atoms. The van der Waals surface area contributed by atoms with Crippen LogP contribution in [0.4, 0.5) is 0 Å². The highest BCUT2D eigenvalue weighted by molar-refractivity contribution is 5.79. The van der Waals surface area contributed by atoms with Crippen molar-refractivity contribution in [2.24, 2.45) is 11.8 Å². The van der Waals surface area contributed by atoms with Crippen LogP contribution in [0.5, 0.6) is 0 Å². The van der Waals surface area contributed by atoms with Crippen LogP contribution in [0.1, 0.15) is 129 Å². The summed E-state index contributed by atoms with van der Waals surface area (Å²) < 4.78 is 0. The monoisotopic (exact) mass is 554 g/mol. The van der Waals surface area contributed by atoms with Crippen molar-refractivity contribution in [1.82, 2.24) is 0 Å². The van der Waals surface area contributed by atoms with Crippen molar-refractivity contribution in [1.29, 1.82) is 0 Å². The lowest BCUT2D eigenvalue weighted by Gasteiger charge is -2.20. The number of carboxylic acids is 2. The van der Waals surface area contributed by atoms with Gasteiger partial charge < -0.3 is 10.2 Å². The fourth-order valence-corrected chi connectivity index (χ4v) is 4.48. The molecule has 0 aromatic rings. The topological polar surface area (TPSA) is 74.6 Å². The van der Waals surface area contributed by atoms with Crippen molar-refractivity contribution in [2.45, 2.75) is 129 Å². The first-order valence-electron chi connectivity index (χ1n) is 15.9. The highest BCUT2D eigenvalue weighted by Gasteiger charge is 2.32. The summed E-state index contributed by atoms with van der Waals surface area (Å²) in [6.45, 7) is 4.43. The van der Waals surface area contributed by atoms with E-state index in [0.29, 0.717) is 25.7 Å². The second kappa shape index (κ2) is 29.4. The van der Waals surface area contributed by atoms with Gasteiger partial charge in [0.15, 0.2) is 0 Å². The predicted molar refractivity (Wildman–Crippen MR) is 172 cm³/mol. The Morgan fingerprint density at radius 3 is 1.00 bits per heavy atom. The maximum Gasteiger partial charge on any atom is 0.307 e. The Morgan fingerprint density at radius 2 is 0.725 bits per heavy atom. The molecule has 0 fully saturated rings. The lowest BCUT2D eigenvalue weighted by Crippen LogP contribution is -2.30. The summed E-state index contributed by atoms with van der Waals surface area (Å²) in [5, 5.41) is 19.4. The molecule has 0 aliphatic heterocycles. The number of aliphatic carboxylic acids is 2. The first-order valence-corrected chi connectivity index (χ1v) is 15.9. The van der Waals surface area contributed by atoms with Crippen LogP contribution >= 0.6 is 0 Å². The molecule has 4 nitrogen and oxygen atoms in total. The molecule has 0 spiro atoms. The number of carbonyl (C=O) groups is 2. The molecule has 0 rings (SSSR count). The zero-order valence-corrected chi connectivity index (χ0v) is 25.5. The van der Waals surface area contributed by atoms with Gasteiger partial charge in [-0.2, -0.15) is 0 Å². The summed E-state index contributed by atoms with van der Waals surface area (Å²) in [5.74, 6) is -3.67. The number of carboxylic acid groups (broad SMARTS) is 2. The van der Waals surface area contributed by atoms with Crippen molar-refractivity contribution in [3.8, 4) is 0 Å². The Hall–Kier alpha value is -2.62.